The Morgan fingerprint density at radius 2 is 1.89 bits per heavy atom. The maximum atomic E-state index is 13.6. The molecule has 0 aliphatic carbocycles. The van der Waals surface area contributed by atoms with Crippen molar-refractivity contribution in [3.8, 4) is 17.1 Å². The highest BCUT2D eigenvalue weighted by Crippen LogP contribution is 2.43. The molecule has 3 aromatic carbocycles. The van der Waals surface area contributed by atoms with Crippen LogP contribution in [0.4, 0.5) is 18.9 Å². The van der Waals surface area contributed by atoms with E-state index in [1.165, 1.54) is 12.1 Å². The highest BCUT2D eigenvalue weighted by atomic mass is 19.4. The van der Waals surface area contributed by atoms with Gasteiger partial charge in [0.05, 0.1) is 23.2 Å². The van der Waals surface area contributed by atoms with E-state index in [9.17, 15) is 13.2 Å². The van der Waals surface area contributed by atoms with Crippen LogP contribution in [0, 0.1) is 0 Å². The van der Waals surface area contributed by atoms with Crippen LogP contribution in [0.3, 0.4) is 0 Å². The number of anilines is 1. The molecule has 0 saturated carbocycles. The fourth-order valence-corrected chi connectivity index (χ4v) is 4.68. The van der Waals surface area contributed by atoms with Gasteiger partial charge in [0.25, 0.3) is 0 Å². The minimum Gasteiger partial charge on any atom is -0.491 e. The van der Waals surface area contributed by atoms with E-state index in [0.717, 1.165) is 17.3 Å². The van der Waals surface area contributed by atoms with Crippen LogP contribution < -0.4 is 10.1 Å². The summed E-state index contributed by atoms with van der Waals surface area (Å²) in [4.78, 5) is 7.58. The van der Waals surface area contributed by atoms with Gasteiger partial charge in [0.15, 0.2) is 12.0 Å². The monoisotopic (exact) mass is 525 g/mol. The van der Waals surface area contributed by atoms with Crippen molar-refractivity contribution in [2.75, 3.05) is 18.5 Å². The maximum Gasteiger partial charge on any atom is 0.417 e. The molecule has 1 aromatic heterocycles. The van der Waals surface area contributed by atoms with Crippen LogP contribution >= 0.6 is 0 Å². The van der Waals surface area contributed by atoms with E-state index in [1.807, 2.05) is 50.2 Å². The lowest BCUT2D eigenvalue weighted by molar-refractivity contribution is -0.141. The Morgan fingerprint density at radius 1 is 1.08 bits per heavy atom. The minimum atomic E-state index is -4.49. The lowest BCUT2D eigenvalue weighted by Crippen LogP contribution is -2.25. The summed E-state index contributed by atoms with van der Waals surface area (Å²) in [7, 11) is 0. The first-order valence-corrected chi connectivity index (χ1v) is 12.3. The second kappa shape index (κ2) is 9.30. The van der Waals surface area contributed by atoms with E-state index in [2.05, 4.69) is 15.3 Å². The number of H-pyrrole nitrogens is 1. The SMILES string of the molecule is CC1(C)OCC(COc2cccc(NC3OC3c3cccc4[nH]c(-c5ccccc5C(F)(F)F)nc34)c2)O1. The van der Waals surface area contributed by atoms with Crippen molar-refractivity contribution < 1.29 is 32.1 Å². The Morgan fingerprint density at radius 3 is 2.68 bits per heavy atom. The molecule has 0 radical (unpaired) electrons. The van der Waals surface area contributed by atoms with Gasteiger partial charge in [-0.1, -0.05) is 36.4 Å². The molecule has 6 rings (SSSR count). The molecule has 2 aliphatic heterocycles. The number of aromatic nitrogens is 2. The molecule has 0 amide bonds. The molecule has 10 heteroatoms. The Labute approximate surface area is 216 Å². The molecule has 2 fully saturated rings. The normalized spacial score (nSPS) is 22.5. The Balaban J connectivity index is 1.16. The largest absolute Gasteiger partial charge is 0.491 e. The molecule has 7 nitrogen and oxygen atoms in total. The molecule has 2 N–H and O–H groups in total. The molecule has 2 aliphatic rings. The number of hydrogen-bond donors (Lipinski definition) is 2. The number of halogens is 3. The number of epoxide rings is 1. The first kappa shape index (κ1) is 24.7. The van der Waals surface area contributed by atoms with Crippen molar-refractivity contribution in [2.24, 2.45) is 0 Å². The van der Waals surface area contributed by atoms with Gasteiger partial charge in [0, 0.05) is 22.9 Å². The third-order valence-corrected chi connectivity index (χ3v) is 6.48. The molecule has 3 unspecified atom stereocenters. The second-order valence-electron chi connectivity index (χ2n) is 9.78. The predicted octanol–water partition coefficient (Wildman–Crippen LogP) is 6.29. The number of fused-ring (bicyclic) bond motifs is 1. The standard InChI is InChI=1S/C28H26F3N3O4/c1-27(2)36-15-18(38-27)14-35-17-8-5-7-16(13-17)32-26-24(37-26)20-10-6-12-22-23(20)34-25(33-22)19-9-3-4-11-21(19)28(29,30)31/h3-13,18,24,26,32H,14-15H2,1-2H3,(H,33,34). The third kappa shape index (κ3) is 5.07. The van der Waals surface area contributed by atoms with Crippen LogP contribution in [0.5, 0.6) is 5.75 Å². The van der Waals surface area contributed by atoms with Crippen LogP contribution in [0.2, 0.25) is 0 Å². The van der Waals surface area contributed by atoms with Gasteiger partial charge in [-0.05, 0) is 38.1 Å². The molecule has 3 atom stereocenters. The molecule has 0 spiro atoms. The van der Waals surface area contributed by atoms with Crippen molar-refractivity contribution in [2.45, 2.75) is 44.2 Å². The van der Waals surface area contributed by atoms with Gasteiger partial charge in [-0.3, -0.25) is 0 Å². The van der Waals surface area contributed by atoms with Gasteiger partial charge in [0.2, 0.25) is 0 Å². The van der Waals surface area contributed by atoms with E-state index in [4.69, 9.17) is 18.9 Å². The average Bonchev–Trinajstić information content (AvgIpc) is 3.33. The first-order valence-electron chi connectivity index (χ1n) is 12.3. The smallest absolute Gasteiger partial charge is 0.417 e. The predicted molar refractivity (Wildman–Crippen MR) is 135 cm³/mol. The summed E-state index contributed by atoms with van der Waals surface area (Å²) in [5, 5.41) is 3.33. The summed E-state index contributed by atoms with van der Waals surface area (Å²) in [6.45, 7) is 4.59. The van der Waals surface area contributed by atoms with Gasteiger partial charge >= 0.3 is 6.18 Å². The van der Waals surface area contributed by atoms with Crippen molar-refractivity contribution in [1.82, 2.24) is 9.97 Å². The average molecular weight is 526 g/mol. The third-order valence-electron chi connectivity index (χ3n) is 6.48. The van der Waals surface area contributed by atoms with E-state index < -0.39 is 17.5 Å². The number of hydrogen-bond acceptors (Lipinski definition) is 6. The number of nitrogens with zero attached hydrogens (tertiary/aromatic N) is 1. The molecule has 3 heterocycles. The Bertz CT molecular complexity index is 1470. The van der Waals surface area contributed by atoms with Crippen LogP contribution in [0.1, 0.15) is 31.1 Å². The van der Waals surface area contributed by atoms with E-state index in [0.29, 0.717) is 30.0 Å². The topological polar surface area (TPSA) is 80.9 Å². The van der Waals surface area contributed by atoms with Gasteiger partial charge in [0.1, 0.15) is 30.4 Å². The van der Waals surface area contributed by atoms with Gasteiger partial charge < -0.3 is 29.2 Å². The number of aromatic amines is 1. The number of para-hydroxylation sites is 1. The lowest BCUT2D eigenvalue weighted by atomic mass is 10.1. The van der Waals surface area contributed by atoms with Crippen molar-refractivity contribution in [3.05, 3.63) is 77.9 Å². The first-order chi connectivity index (χ1) is 18.2. The Kier molecular flexibility index (Phi) is 6.05. The minimum absolute atomic E-state index is 0.00323. The Hall–Kier alpha value is -3.60. The van der Waals surface area contributed by atoms with Crippen LogP contribution in [-0.2, 0) is 20.4 Å². The van der Waals surface area contributed by atoms with Gasteiger partial charge in [-0.15, -0.1) is 0 Å². The summed E-state index contributed by atoms with van der Waals surface area (Å²) in [6, 6.07) is 18.4. The van der Waals surface area contributed by atoms with Crippen LogP contribution in [-0.4, -0.2) is 41.3 Å². The number of imidazole rings is 1. The molecular weight excluding hydrogens is 499 g/mol. The summed E-state index contributed by atoms with van der Waals surface area (Å²) < 4.78 is 63.8. The van der Waals surface area contributed by atoms with Crippen molar-refractivity contribution in [3.63, 3.8) is 0 Å². The zero-order chi connectivity index (χ0) is 26.5. The second-order valence-corrected chi connectivity index (χ2v) is 9.78. The molecule has 198 valence electrons. The quantitative estimate of drug-likeness (QED) is 0.276. The summed E-state index contributed by atoms with van der Waals surface area (Å²) >= 11 is 0. The number of nitrogens with one attached hydrogen (secondary N) is 2. The lowest BCUT2D eigenvalue weighted by Gasteiger charge is -2.17. The summed E-state index contributed by atoms with van der Waals surface area (Å²) in [5.41, 5.74) is 2.09. The molecule has 4 aromatic rings. The number of ether oxygens (including phenoxy) is 4. The van der Waals surface area contributed by atoms with Crippen molar-refractivity contribution in [1.29, 1.82) is 0 Å². The zero-order valence-corrected chi connectivity index (χ0v) is 20.7. The molecule has 0 bridgehead atoms. The number of rotatable bonds is 7. The number of benzene rings is 3. The summed E-state index contributed by atoms with van der Waals surface area (Å²) in [6.07, 6.45) is -5.24. The highest BCUT2D eigenvalue weighted by Gasteiger charge is 2.42. The molecule has 2 saturated heterocycles. The fourth-order valence-electron chi connectivity index (χ4n) is 4.68. The maximum absolute atomic E-state index is 13.6. The zero-order valence-electron chi connectivity index (χ0n) is 20.7. The van der Waals surface area contributed by atoms with Crippen LogP contribution in [0.15, 0.2) is 66.7 Å². The van der Waals surface area contributed by atoms with Crippen LogP contribution in [0.25, 0.3) is 22.4 Å². The van der Waals surface area contributed by atoms with E-state index in [1.54, 1.807) is 12.1 Å². The molecular formula is C28H26F3N3O4. The van der Waals surface area contributed by atoms with Crippen molar-refractivity contribution >= 4 is 16.7 Å². The fraction of sp³-hybridized carbons (Fsp3) is 0.321. The summed E-state index contributed by atoms with van der Waals surface area (Å²) in [5.74, 6) is 0.244. The number of alkyl halides is 3. The van der Waals surface area contributed by atoms with E-state index in [-0.39, 0.29) is 29.8 Å². The van der Waals surface area contributed by atoms with E-state index >= 15 is 0 Å². The van der Waals surface area contributed by atoms with Gasteiger partial charge in [-0.25, -0.2) is 4.98 Å². The highest BCUT2D eigenvalue weighted by molar-refractivity contribution is 5.83. The van der Waals surface area contributed by atoms with Gasteiger partial charge in [-0.2, -0.15) is 13.2 Å². The molecule has 38 heavy (non-hydrogen) atoms.